The van der Waals surface area contributed by atoms with Crippen molar-refractivity contribution in [2.24, 2.45) is 7.05 Å². The topological polar surface area (TPSA) is 71.6 Å². The molecule has 5 rings (SSSR count). The Hall–Kier alpha value is -3.89. The summed E-state index contributed by atoms with van der Waals surface area (Å²) in [5, 5.41) is 4.55. The monoisotopic (exact) mass is 497 g/mol. The standard InChI is InChI=1S/C25H26F3N7O/c1-15-12-22-30-13-20-19(35(22)31-15)6-5-11-34(20)18-9-7-17(8-10-18)23(25(26,27)28)33(4)24(36)21-14-29-16(2)32(21)3/h7-10,12-14,23H,5-6,11H2,1-4H3/t23-/m0/s1. The maximum absolute atomic E-state index is 14.2. The van der Waals surface area contributed by atoms with E-state index in [1.807, 2.05) is 22.4 Å². The molecule has 0 aliphatic carbocycles. The summed E-state index contributed by atoms with van der Waals surface area (Å²) in [7, 11) is 2.77. The number of nitrogens with zero attached hydrogens (tertiary/aromatic N) is 7. The van der Waals surface area contributed by atoms with E-state index in [0.717, 1.165) is 46.2 Å². The van der Waals surface area contributed by atoms with Crippen LogP contribution in [0.3, 0.4) is 0 Å². The molecule has 8 nitrogen and oxygen atoms in total. The van der Waals surface area contributed by atoms with Crippen LogP contribution in [0.2, 0.25) is 0 Å². The highest BCUT2D eigenvalue weighted by molar-refractivity contribution is 5.92. The molecule has 1 atom stereocenters. The van der Waals surface area contributed by atoms with Gasteiger partial charge in [-0.1, -0.05) is 12.1 Å². The third-order valence-electron chi connectivity index (χ3n) is 6.75. The van der Waals surface area contributed by atoms with Crippen molar-refractivity contribution in [1.29, 1.82) is 0 Å². The lowest BCUT2D eigenvalue weighted by Gasteiger charge is -2.32. The minimum Gasteiger partial charge on any atom is -0.339 e. The molecular formula is C25H26F3N7O. The molecule has 0 fully saturated rings. The zero-order valence-corrected chi connectivity index (χ0v) is 20.4. The van der Waals surface area contributed by atoms with Crippen LogP contribution in [-0.4, -0.2) is 54.7 Å². The molecule has 0 saturated carbocycles. The number of benzene rings is 1. The number of hydrogen-bond acceptors (Lipinski definition) is 5. The first-order chi connectivity index (χ1) is 17.1. The minimum absolute atomic E-state index is 0.0190. The van der Waals surface area contributed by atoms with Gasteiger partial charge in [0.2, 0.25) is 0 Å². The van der Waals surface area contributed by atoms with Crippen LogP contribution in [0.4, 0.5) is 24.5 Å². The fourth-order valence-corrected chi connectivity index (χ4v) is 4.81. The van der Waals surface area contributed by atoms with Gasteiger partial charge < -0.3 is 14.4 Å². The Morgan fingerprint density at radius 3 is 2.47 bits per heavy atom. The number of aryl methyl sites for hydroxylation is 3. The molecule has 188 valence electrons. The number of hydrogen-bond donors (Lipinski definition) is 0. The second kappa shape index (κ2) is 8.65. The molecular weight excluding hydrogens is 471 g/mol. The molecule has 36 heavy (non-hydrogen) atoms. The maximum atomic E-state index is 14.2. The number of carbonyl (C=O) groups is 1. The van der Waals surface area contributed by atoms with Crippen molar-refractivity contribution in [3.05, 3.63) is 71.2 Å². The summed E-state index contributed by atoms with van der Waals surface area (Å²) in [5.74, 6) is -0.211. The summed E-state index contributed by atoms with van der Waals surface area (Å²) >= 11 is 0. The number of fused-ring (bicyclic) bond motifs is 3. The molecule has 0 N–H and O–H groups in total. The maximum Gasteiger partial charge on any atom is 0.413 e. The predicted molar refractivity (Wildman–Crippen MR) is 128 cm³/mol. The fraction of sp³-hybridized carbons (Fsp3) is 0.360. The van der Waals surface area contributed by atoms with E-state index in [4.69, 9.17) is 0 Å². The molecule has 1 aliphatic heterocycles. The van der Waals surface area contributed by atoms with Crippen LogP contribution in [-0.2, 0) is 13.5 Å². The Kier molecular flexibility index (Phi) is 5.73. The molecule has 1 aromatic carbocycles. The van der Waals surface area contributed by atoms with Gasteiger partial charge in [0.05, 0.1) is 29.5 Å². The van der Waals surface area contributed by atoms with E-state index >= 15 is 0 Å². The van der Waals surface area contributed by atoms with Crippen LogP contribution in [0.25, 0.3) is 5.65 Å². The number of carbonyl (C=O) groups excluding carboxylic acids is 1. The van der Waals surface area contributed by atoms with Gasteiger partial charge >= 0.3 is 6.18 Å². The van der Waals surface area contributed by atoms with Crippen molar-refractivity contribution in [3.63, 3.8) is 0 Å². The van der Waals surface area contributed by atoms with Crippen molar-refractivity contribution in [2.75, 3.05) is 18.5 Å². The predicted octanol–water partition coefficient (Wildman–Crippen LogP) is 4.54. The van der Waals surface area contributed by atoms with E-state index in [0.29, 0.717) is 12.4 Å². The number of amides is 1. The lowest BCUT2D eigenvalue weighted by atomic mass is 10.0. The van der Waals surface area contributed by atoms with Crippen molar-refractivity contribution in [2.45, 2.75) is 38.9 Å². The van der Waals surface area contributed by atoms with Gasteiger partial charge in [-0.05, 0) is 44.4 Å². The Balaban J connectivity index is 1.47. The second-order valence-corrected chi connectivity index (χ2v) is 9.10. The van der Waals surface area contributed by atoms with Gasteiger partial charge in [-0.3, -0.25) is 4.79 Å². The largest absolute Gasteiger partial charge is 0.413 e. The van der Waals surface area contributed by atoms with Crippen LogP contribution < -0.4 is 4.90 Å². The Labute approximate surface area is 206 Å². The van der Waals surface area contributed by atoms with Crippen LogP contribution in [0, 0.1) is 13.8 Å². The van der Waals surface area contributed by atoms with Crippen LogP contribution in [0.15, 0.2) is 42.7 Å². The number of anilines is 2. The van der Waals surface area contributed by atoms with Gasteiger partial charge in [0.1, 0.15) is 11.5 Å². The molecule has 3 aromatic heterocycles. The van der Waals surface area contributed by atoms with Gasteiger partial charge in [-0.2, -0.15) is 18.3 Å². The molecule has 4 heterocycles. The minimum atomic E-state index is -4.66. The first-order valence-electron chi connectivity index (χ1n) is 11.6. The lowest BCUT2D eigenvalue weighted by molar-refractivity contribution is -0.176. The number of alkyl halides is 3. The Morgan fingerprint density at radius 2 is 1.83 bits per heavy atom. The first-order valence-corrected chi connectivity index (χ1v) is 11.6. The second-order valence-electron chi connectivity index (χ2n) is 9.10. The normalized spacial score (nSPS) is 14.7. The van der Waals surface area contributed by atoms with Gasteiger partial charge in [0.25, 0.3) is 5.91 Å². The molecule has 1 amide bonds. The zero-order chi connectivity index (χ0) is 25.8. The summed E-state index contributed by atoms with van der Waals surface area (Å²) in [4.78, 5) is 24.3. The molecule has 4 aromatic rings. The van der Waals surface area contributed by atoms with Crippen LogP contribution in [0.1, 0.15) is 45.7 Å². The van der Waals surface area contributed by atoms with E-state index in [-0.39, 0.29) is 11.3 Å². The third-order valence-corrected chi connectivity index (χ3v) is 6.75. The number of rotatable bonds is 4. The summed E-state index contributed by atoms with van der Waals surface area (Å²) in [6.45, 7) is 4.30. The summed E-state index contributed by atoms with van der Waals surface area (Å²) in [5.41, 5.74) is 4.38. The van der Waals surface area contributed by atoms with Gasteiger partial charge in [-0.15, -0.1) is 0 Å². The average Bonchev–Trinajstić information content (AvgIpc) is 3.39. The molecule has 0 bridgehead atoms. The zero-order valence-electron chi connectivity index (χ0n) is 20.4. The Morgan fingerprint density at radius 1 is 1.11 bits per heavy atom. The lowest BCUT2D eigenvalue weighted by Crippen LogP contribution is -2.40. The molecule has 0 radical (unpaired) electrons. The van der Waals surface area contributed by atoms with E-state index in [1.54, 1.807) is 32.3 Å². The number of aromatic nitrogens is 5. The third kappa shape index (κ3) is 3.98. The van der Waals surface area contributed by atoms with Crippen LogP contribution in [0.5, 0.6) is 0 Å². The number of imidazole rings is 1. The van der Waals surface area contributed by atoms with Gasteiger partial charge in [-0.25, -0.2) is 14.5 Å². The smallest absolute Gasteiger partial charge is 0.339 e. The highest BCUT2D eigenvalue weighted by atomic mass is 19.4. The summed E-state index contributed by atoms with van der Waals surface area (Å²) < 4.78 is 45.9. The molecule has 0 saturated heterocycles. The number of halogens is 3. The molecule has 0 spiro atoms. The summed E-state index contributed by atoms with van der Waals surface area (Å²) in [6, 6.07) is 6.00. The van der Waals surface area contributed by atoms with Crippen molar-refractivity contribution < 1.29 is 18.0 Å². The van der Waals surface area contributed by atoms with Crippen molar-refractivity contribution >= 4 is 22.9 Å². The molecule has 11 heteroatoms. The molecule has 0 unspecified atom stereocenters. The SMILES string of the molecule is Cc1cc2ncc3c(n2n1)CCCN3c1ccc([C@H](N(C)C(=O)c2cnc(C)n2C)C(F)(F)F)cc1. The van der Waals surface area contributed by atoms with E-state index in [2.05, 4.69) is 15.1 Å². The highest BCUT2D eigenvalue weighted by Gasteiger charge is 2.45. The van der Waals surface area contributed by atoms with Gasteiger partial charge in [0, 0.05) is 32.4 Å². The quantitative estimate of drug-likeness (QED) is 0.414. The van der Waals surface area contributed by atoms with E-state index in [1.165, 1.54) is 29.9 Å². The van der Waals surface area contributed by atoms with Crippen LogP contribution >= 0.6 is 0 Å². The van der Waals surface area contributed by atoms with Gasteiger partial charge in [0.15, 0.2) is 11.7 Å². The average molecular weight is 498 g/mol. The van der Waals surface area contributed by atoms with E-state index in [9.17, 15) is 18.0 Å². The fourth-order valence-electron chi connectivity index (χ4n) is 4.81. The molecule has 1 aliphatic rings. The highest BCUT2D eigenvalue weighted by Crippen LogP contribution is 2.39. The van der Waals surface area contributed by atoms with E-state index < -0.39 is 18.1 Å². The van der Waals surface area contributed by atoms with Crippen molar-refractivity contribution in [3.8, 4) is 0 Å². The first kappa shape index (κ1) is 23.8. The Bertz CT molecular complexity index is 1440. The van der Waals surface area contributed by atoms with Crippen molar-refractivity contribution in [1.82, 2.24) is 29.0 Å². The summed E-state index contributed by atoms with van der Waals surface area (Å²) in [6.07, 6.45) is 0.134.